The van der Waals surface area contributed by atoms with Gasteiger partial charge < -0.3 is 0 Å². The predicted octanol–water partition coefficient (Wildman–Crippen LogP) is 4.84. The standard InChI is InChI=1S/C12H18.C3H8/c1-5-11-7-10(4)12(6-2)8-9(11)3;1-3-2/h7-8H,5-6H2,1-4H3;3H2,1-2H3. The highest BCUT2D eigenvalue weighted by Gasteiger charge is 2.00. The molecule has 0 saturated carbocycles. The number of rotatable bonds is 2. The molecule has 86 valence electrons. The van der Waals surface area contributed by atoms with E-state index in [4.69, 9.17) is 0 Å². The van der Waals surface area contributed by atoms with Gasteiger partial charge in [0.15, 0.2) is 0 Å². The van der Waals surface area contributed by atoms with E-state index in [1.54, 1.807) is 0 Å². The first kappa shape index (κ1) is 14.2. The first-order chi connectivity index (χ1) is 7.10. The number of aryl methyl sites for hydroxylation is 4. The van der Waals surface area contributed by atoms with Crippen LogP contribution in [0.3, 0.4) is 0 Å². The topological polar surface area (TPSA) is 0 Å². The molecule has 0 spiro atoms. The van der Waals surface area contributed by atoms with Crippen LogP contribution in [0.2, 0.25) is 0 Å². The number of hydrogen-bond donors (Lipinski definition) is 0. The first-order valence-corrected chi connectivity index (χ1v) is 6.19. The molecule has 0 unspecified atom stereocenters. The average Bonchev–Trinajstić information content (AvgIpc) is 2.22. The van der Waals surface area contributed by atoms with Gasteiger partial charge in [0.2, 0.25) is 0 Å². The zero-order valence-electron chi connectivity index (χ0n) is 11.3. The molecule has 0 N–H and O–H groups in total. The van der Waals surface area contributed by atoms with Crippen molar-refractivity contribution in [1.82, 2.24) is 0 Å². The third-order valence-corrected chi connectivity index (χ3v) is 2.56. The van der Waals surface area contributed by atoms with Crippen molar-refractivity contribution in [3.8, 4) is 0 Å². The summed E-state index contributed by atoms with van der Waals surface area (Å²) in [6.07, 6.45) is 3.55. The molecule has 0 saturated heterocycles. The Morgan fingerprint density at radius 1 is 0.733 bits per heavy atom. The van der Waals surface area contributed by atoms with E-state index in [1.807, 2.05) is 0 Å². The van der Waals surface area contributed by atoms with Crippen molar-refractivity contribution in [3.63, 3.8) is 0 Å². The second-order valence-electron chi connectivity index (χ2n) is 4.12. The Balaban J connectivity index is 0.000000583. The van der Waals surface area contributed by atoms with E-state index in [1.165, 1.54) is 28.7 Å². The molecule has 0 radical (unpaired) electrons. The highest BCUT2D eigenvalue weighted by Crippen LogP contribution is 2.16. The van der Waals surface area contributed by atoms with Crippen LogP contribution in [0, 0.1) is 13.8 Å². The molecule has 0 aromatic heterocycles. The second kappa shape index (κ2) is 7.50. The van der Waals surface area contributed by atoms with Crippen LogP contribution in [-0.4, -0.2) is 0 Å². The highest BCUT2D eigenvalue weighted by molar-refractivity contribution is 5.37. The Morgan fingerprint density at radius 2 is 1.00 bits per heavy atom. The maximum absolute atomic E-state index is 2.33. The quantitative estimate of drug-likeness (QED) is 0.649. The van der Waals surface area contributed by atoms with Gasteiger partial charge in [-0.05, 0) is 48.9 Å². The molecular formula is C15H26. The van der Waals surface area contributed by atoms with Crippen LogP contribution in [0.1, 0.15) is 56.4 Å². The van der Waals surface area contributed by atoms with Crippen molar-refractivity contribution < 1.29 is 0 Å². The fraction of sp³-hybridized carbons (Fsp3) is 0.600. The summed E-state index contributed by atoms with van der Waals surface area (Å²) in [4.78, 5) is 0. The summed E-state index contributed by atoms with van der Waals surface area (Å²) in [7, 11) is 0. The summed E-state index contributed by atoms with van der Waals surface area (Å²) in [5, 5.41) is 0. The van der Waals surface area contributed by atoms with Crippen molar-refractivity contribution in [2.75, 3.05) is 0 Å². The van der Waals surface area contributed by atoms with Crippen LogP contribution in [-0.2, 0) is 12.8 Å². The van der Waals surface area contributed by atoms with Crippen molar-refractivity contribution in [1.29, 1.82) is 0 Å². The predicted molar refractivity (Wildman–Crippen MR) is 70.6 cm³/mol. The third-order valence-electron chi connectivity index (χ3n) is 2.56. The summed E-state index contributed by atoms with van der Waals surface area (Å²) in [6.45, 7) is 13.1. The minimum absolute atomic E-state index is 1.15. The highest BCUT2D eigenvalue weighted by atomic mass is 14.1. The van der Waals surface area contributed by atoms with Crippen molar-refractivity contribution in [2.24, 2.45) is 0 Å². The molecular weight excluding hydrogens is 180 g/mol. The lowest BCUT2D eigenvalue weighted by atomic mass is 9.97. The minimum Gasteiger partial charge on any atom is -0.0656 e. The average molecular weight is 206 g/mol. The molecule has 0 fully saturated rings. The van der Waals surface area contributed by atoms with Crippen LogP contribution in [0.25, 0.3) is 0 Å². The van der Waals surface area contributed by atoms with E-state index >= 15 is 0 Å². The Labute approximate surface area is 95.7 Å². The van der Waals surface area contributed by atoms with Gasteiger partial charge in [0.25, 0.3) is 0 Å². The molecule has 0 heteroatoms. The normalized spacial score (nSPS) is 9.47. The second-order valence-corrected chi connectivity index (χ2v) is 4.12. The lowest BCUT2D eigenvalue weighted by Crippen LogP contribution is -1.93. The van der Waals surface area contributed by atoms with E-state index in [0.29, 0.717) is 0 Å². The van der Waals surface area contributed by atoms with Crippen LogP contribution < -0.4 is 0 Å². The van der Waals surface area contributed by atoms with Crippen LogP contribution in [0.5, 0.6) is 0 Å². The lowest BCUT2D eigenvalue weighted by molar-refractivity contribution is 1.05. The summed E-state index contributed by atoms with van der Waals surface area (Å²) in [6, 6.07) is 4.66. The molecule has 15 heavy (non-hydrogen) atoms. The zero-order valence-corrected chi connectivity index (χ0v) is 11.3. The molecule has 0 nitrogen and oxygen atoms in total. The van der Waals surface area contributed by atoms with Gasteiger partial charge in [-0.15, -0.1) is 0 Å². The summed E-state index contributed by atoms with van der Waals surface area (Å²) >= 11 is 0. The Kier molecular flexibility index (Phi) is 7.11. The first-order valence-electron chi connectivity index (χ1n) is 6.19. The Bertz CT molecular complexity index is 255. The molecule has 1 aromatic rings. The van der Waals surface area contributed by atoms with Gasteiger partial charge in [0.1, 0.15) is 0 Å². The summed E-state index contributed by atoms with van der Waals surface area (Å²) in [5.74, 6) is 0. The van der Waals surface area contributed by atoms with Crippen molar-refractivity contribution >= 4 is 0 Å². The molecule has 0 atom stereocenters. The van der Waals surface area contributed by atoms with Crippen molar-refractivity contribution in [2.45, 2.75) is 60.8 Å². The molecule has 1 rings (SSSR count). The molecule has 0 amide bonds. The van der Waals surface area contributed by atoms with Gasteiger partial charge in [-0.2, -0.15) is 0 Å². The van der Waals surface area contributed by atoms with Gasteiger partial charge in [-0.1, -0.05) is 46.2 Å². The maximum Gasteiger partial charge on any atom is -0.0305 e. The summed E-state index contributed by atoms with van der Waals surface area (Å²) < 4.78 is 0. The van der Waals surface area contributed by atoms with Gasteiger partial charge in [0.05, 0.1) is 0 Å². The van der Waals surface area contributed by atoms with E-state index < -0.39 is 0 Å². The third kappa shape index (κ3) is 4.51. The number of hydrogen-bond acceptors (Lipinski definition) is 0. The molecule has 0 bridgehead atoms. The smallest absolute Gasteiger partial charge is 0.0305 e. The molecule has 0 heterocycles. The van der Waals surface area contributed by atoms with E-state index in [2.05, 4.69) is 53.7 Å². The van der Waals surface area contributed by atoms with Crippen LogP contribution in [0.4, 0.5) is 0 Å². The lowest BCUT2D eigenvalue weighted by Gasteiger charge is -2.08. The fourth-order valence-electron chi connectivity index (χ4n) is 1.70. The molecule has 0 aliphatic rings. The van der Waals surface area contributed by atoms with E-state index in [9.17, 15) is 0 Å². The Hall–Kier alpha value is -0.780. The minimum atomic E-state index is 1.15. The van der Waals surface area contributed by atoms with Gasteiger partial charge >= 0.3 is 0 Å². The van der Waals surface area contributed by atoms with Gasteiger partial charge in [0, 0.05) is 0 Å². The maximum atomic E-state index is 2.33. The largest absolute Gasteiger partial charge is 0.0656 e. The van der Waals surface area contributed by atoms with Gasteiger partial charge in [-0.3, -0.25) is 0 Å². The molecule has 0 aliphatic heterocycles. The zero-order chi connectivity index (χ0) is 11.8. The fourth-order valence-corrected chi connectivity index (χ4v) is 1.70. The monoisotopic (exact) mass is 206 g/mol. The molecule has 1 aromatic carbocycles. The van der Waals surface area contributed by atoms with E-state index in [0.717, 1.165) is 12.8 Å². The number of benzene rings is 1. The van der Waals surface area contributed by atoms with Crippen LogP contribution in [0.15, 0.2) is 12.1 Å². The summed E-state index contributed by atoms with van der Waals surface area (Å²) in [5.41, 5.74) is 5.87. The van der Waals surface area contributed by atoms with Crippen LogP contribution >= 0.6 is 0 Å². The Morgan fingerprint density at radius 3 is 1.20 bits per heavy atom. The van der Waals surface area contributed by atoms with E-state index in [-0.39, 0.29) is 0 Å². The van der Waals surface area contributed by atoms with Crippen molar-refractivity contribution in [3.05, 3.63) is 34.4 Å². The van der Waals surface area contributed by atoms with Gasteiger partial charge in [-0.25, -0.2) is 0 Å². The molecule has 0 aliphatic carbocycles. The SMILES string of the molecule is CCC.CCc1cc(C)c(CC)cc1C.